The lowest BCUT2D eigenvalue weighted by Gasteiger charge is -2.35. The monoisotopic (exact) mass is 324 g/mol. The molecule has 0 aliphatic carbocycles. The van der Waals surface area contributed by atoms with Gasteiger partial charge in [0.25, 0.3) is 0 Å². The standard InChI is InChI=1S/C19H20N2O3/c1-24-16-9-7-14(8-10-16)13-17(22)21-12-11-20-19(23)18(21)15-5-3-2-4-6-15/h2-10,18H,11-13H2,1H3,(H,20,23). The molecule has 2 amide bonds. The molecule has 1 unspecified atom stereocenters. The van der Waals surface area contributed by atoms with Gasteiger partial charge < -0.3 is 15.0 Å². The number of nitrogens with zero attached hydrogens (tertiary/aromatic N) is 1. The van der Waals surface area contributed by atoms with Crippen LogP contribution in [0.4, 0.5) is 0 Å². The smallest absolute Gasteiger partial charge is 0.247 e. The van der Waals surface area contributed by atoms with E-state index in [9.17, 15) is 9.59 Å². The summed E-state index contributed by atoms with van der Waals surface area (Å²) in [6.07, 6.45) is 0.264. The maximum absolute atomic E-state index is 12.8. The first-order valence-electron chi connectivity index (χ1n) is 7.94. The molecule has 1 aliphatic heterocycles. The Kier molecular flexibility index (Phi) is 4.79. The summed E-state index contributed by atoms with van der Waals surface area (Å²) in [6, 6.07) is 16.3. The van der Waals surface area contributed by atoms with Crippen LogP contribution in [0, 0.1) is 0 Å². The Labute approximate surface area is 141 Å². The minimum absolute atomic E-state index is 0.0520. The molecule has 5 nitrogen and oxygen atoms in total. The van der Waals surface area contributed by atoms with Crippen molar-refractivity contribution in [3.63, 3.8) is 0 Å². The van der Waals surface area contributed by atoms with E-state index in [1.165, 1.54) is 0 Å². The molecule has 0 saturated carbocycles. The van der Waals surface area contributed by atoms with Gasteiger partial charge in [-0.05, 0) is 23.3 Å². The maximum atomic E-state index is 12.8. The summed E-state index contributed by atoms with van der Waals surface area (Å²) in [5.74, 6) is 0.574. The molecule has 1 saturated heterocycles. The van der Waals surface area contributed by atoms with Crippen LogP contribution in [0.5, 0.6) is 5.75 Å². The van der Waals surface area contributed by atoms with Gasteiger partial charge in [0.05, 0.1) is 13.5 Å². The molecule has 24 heavy (non-hydrogen) atoms. The molecule has 124 valence electrons. The second-order valence-electron chi connectivity index (χ2n) is 5.72. The number of ether oxygens (including phenoxy) is 1. The maximum Gasteiger partial charge on any atom is 0.247 e. The zero-order valence-corrected chi connectivity index (χ0v) is 13.6. The number of hydrogen-bond donors (Lipinski definition) is 1. The third-order valence-electron chi connectivity index (χ3n) is 4.16. The first-order valence-corrected chi connectivity index (χ1v) is 7.94. The molecule has 1 aliphatic rings. The molecule has 0 bridgehead atoms. The normalized spacial score (nSPS) is 17.3. The average molecular weight is 324 g/mol. The van der Waals surface area contributed by atoms with Crippen molar-refractivity contribution in [1.82, 2.24) is 10.2 Å². The quantitative estimate of drug-likeness (QED) is 0.935. The predicted octanol–water partition coefficient (Wildman–Crippen LogP) is 1.94. The summed E-state index contributed by atoms with van der Waals surface area (Å²) in [5.41, 5.74) is 1.73. The number of hydrogen-bond acceptors (Lipinski definition) is 3. The van der Waals surface area contributed by atoms with E-state index in [0.29, 0.717) is 13.1 Å². The molecule has 1 N–H and O–H groups in total. The van der Waals surface area contributed by atoms with Gasteiger partial charge >= 0.3 is 0 Å². The minimum atomic E-state index is -0.564. The highest BCUT2D eigenvalue weighted by Gasteiger charge is 2.33. The molecule has 1 fully saturated rings. The highest BCUT2D eigenvalue weighted by Crippen LogP contribution is 2.24. The molecular formula is C19H20N2O3. The van der Waals surface area contributed by atoms with Gasteiger partial charge in [0.2, 0.25) is 11.8 Å². The van der Waals surface area contributed by atoms with Gasteiger partial charge in [-0.3, -0.25) is 9.59 Å². The number of amides is 2. The van der Waals surface area contributed by atoms with Gasteiger partial charge in [-0.15, -0.1) is 0 Å². The summed E-state index contributed by atoms with van der Waals surface area (Å²) >= 11 is 0. The summed E-state index contributed by atoms with van der Waals surface area (Å²) in [5, 5.41) is 2.85. The van der Waals surface area contributed by atoms with Crippen LogP contribution in [0.25, 0.3) is 0 Å². The summed E-state index contributed by atoms with van der Waals surface area (Å²) in [4.78, 5) is 26.8. The van der Waals surface area contributed by atoms with Crippen LogP contribution in [-0.2, 0) is 16.0 Å². The molecular weight excluding hydrogens is 304 g/mol. The molecule has 5 heteroatoms. The van der Waals surface area contributed by atoms with Crippen molar-refractivity contribution in [3.05, 3.63) is 65.7 Å². The van der Waals surface area contributed by atoms with E-state index in [0.717, 1.165) is 16.9 Å². The van der Waals surface area contributed by atoms with E-state index in [-0.39, 0.29) is 18.2 Å². The van der Waals surface area contributed by atoms with Crippen molar-refractivity contribution in [2.24, 2.45) is 0 Å². The van der Waals surface area contributed by atoms with Gasteiger partial charge in [0.1, 0.15) is 11.8 Å². The Morgan fingerprint density at radius 3 is 2.54 bits per heavy atom. The number of carbonyl (C=O) groups is 2. The van der Waals surface area contributed by atoms with Crippen LogP contribution in [0.2, 0.25) is 0 Å². The lowest BCUT2D eigenvalue weighted by Crippen LogP contribution is -2.52. The van der Waals surface area contributed by atoms with Crippen molar-refractivity contribution in [3.8, 4) is 5.75 Å². The molecule has 1 heterocycles. The fourth-order valence-corrected chi connectivity index (χ4v) is 2.92. The predicted molar refractivity (Wildman–Crippen MR) is 90.6 cm³/mol. The van der Waals surface area contributed by atoms with Crippen LogP contribution in [0.1, 0.15) is 17.2 Å². The van der Waals surface area contributed by atoms with Crippen molar-refractivity contribution in [1.29, 1.82) is 0 Å². The van der Waals surface area contributed by atoms with Crippen molar-refractivity contribution in [2.45, 2.75) is 12.5 Å². The van der Waals surface area contributed by atoms with Crippen LogP contribution in [-0.4, -0.2) is 36.9 Å². The van der Waals surface area contributed by atoms with Gasteiger partial charge in [-0.1, -0.05) is 42.5 Å². The number of carbonyl (C=O) groups excluding carboxylic acids is 2. The molecule has 0 aromatic heterocycles. The first-order chi connectivity index (χ1) is 11.7. The Morgan fingerprint density at radius 1 is 1.17 bits per heavy atom. The fourth-order valence-electron chi connectivity index (χ4n) is 2.92. The van der Waals surface area contributed by atoms with E-state index in [1.54, 1.807) is 12.0 Å². The van der Waals surface area contributed by atoms with Crippen molar-refractivity contribution in [2.75, 3.05) is 20.2 Å². The number of nitrogens with one attached hydrogen (secondary N) is 1. The third-order valence-corrected chi connectivity index (χ3v) is 4.16. The second-order valence-corrected chi connectivity index (χ2v) is 5.72. The molecule has 0 spiro atoms. The van der Waals surface area contributed by atoms with Gasteiger partial charge in [-0.25, -0.2) is 0 Å². The van der Waals surface area contributed by atoms with Crippen LogP contribution in [0.3, 0.4) is 0 Å². The Balaban J connectivity index is 1.79. The number of benzene rings is 2. The Bertz CT molecular complexity index is 713. The van der Waals surface area contributed by atoms with Crippen LogP contribution >= 0.6 is 0 Å². The molecule has 0 radical (unpaired) electrons. The topological polar surface area (TPSA) is 58.6 Å². The molecule has 2 aromatic rings. The summed E-state index contributed by atoms with van der Waals surface area (Å²) in [7, 11) is 1.61. The summed E-state index contributed by atoms with van der Waals surface area (Å²) < 4.78 is 5.13. The fraction of sp³-hybridized carbons (Fsp3) is 0.263. The first kappa shape index (κ1) is 16.1. The Hall–Kier alpha value is -2.82. The van der Waals surface area contributed by atoms with E-state index >= 15 is 0 Å². The third kappa shape index (κ3) is 3.40. The lowest BCUT2D eigenvalue weighted by atomic mass is 10.0. The molecule has 2 aromatic carbocycles. The lowest BCUT2D eigenvalue weighted by molar-refractivity contribution is -0.143. The average Bonchev–Trinajstić information content (AvgIpc) is 2.63. The highest BCUT2D eigenvalue weighted by atomic mass is 16.5. The zero-order chi connectivity index (χ0) is 16.9. The van der Waals surface area contributed by atoms with E-state index in [4.69, 9.17) is 4.74 Å². The summed E-state index contributed by atoms with van der Waals surface area (Å²) in [6.45, 7) is 0.997. The second kappa shape index (κ2) is 7.17. The highest BCUT2D eigenvalue weighted by molar-refractivity contribution is 5.90. The van der Waals surface area contributed by atoms with Gasteiger partial charge in [0.15, 0.2) is 0 Å². The van der Waals surface area contributed by atoms with Crippen LogP contribution < -0.4 is 10.1 Å². The largest absolute Gasteiger partial charge is 0.497 e. The Morgan fingerprint density at radius 2 is 1.88 bits per heavy atom. The van der Waals surface area contributed by atoms with E-state index in [1.807, 2.05) is 54.6 Å². The van der Waals surface area contributed by atoms with Gasteiger partial charge in [-0.2, -0.15) is 0 Å². The number of methoxy groups -OCH3 is 1. The molecule has 1 atom stereocenters. The van der Waals surface area contributed by atoms with Crippen LogP contribution in [0.15, 0.2) is 54.6 Å². The van der Waals surface area contributed by atoms with E-state index < -0.39 is 6.04 Å². The van der Waals surface area contributed by atoms with Crippen molar-refractivity contribution >= 4 is 11.8 Å². The SMILES string of the molecule is COc1ccc(CC(=O)N2CCNC(=O)C2c2ccccc2)cc1. The van der Waals surface area contributed by atoms with E-state index in [2.05, 4.69) is 5.32 Å². The van der Waals surface area contributed by atoms with Gasteiger partial charge in [0, 0.05) is 13.1 Å². The number of rotatable bonds is 4. The van der Waals surface area contributed by atoms with Crippen molar-refractivity contribution < 1.29 is 14.3 Å². The number of piperazine rings is 1. The molecule has 3 rings (SSSR count). The minimum Gasteiger partial charge on any atom is -0.497 e. The zero-order valence-electron chi connectivity index (χ0n) is 13.6.